The molecule has 1 aliphatic rings. The van der Waals surface area contributed by atoms with Crippen molar-refractivity contribution in [1.82, 2.24) is 0 Å². The number of hydrogen-bond acceptors (Lipinski definition) is 7. The number of rotatable bonds is 4. The first kappa shape index (κ1) is 26.3. The maximum atomic E-state index is 16.2. The normalized spacial score (nSPS) is 12.0. The third kappa shape index (κ3) is 4.29. The number of halogens is 5. The number of nitrogens with zero attached hydrogens (tertiary/aromatic N) is 1. The lowest BCUT2D eigenvalue weighted by molar-refractivity contribution is 0.0967. The third-order valence-corrected chi connectivity index (χ3v) is 6.71. The smallest absolute Gasteiger partial charge is 0.201 e. The van der Waals surface area contributed by atoms with Crippen LogP contribution in [0.2, 0.25) is 15.1 Å². The number of fused-ring (bicyclic) bond motifs is 2. The Morgan fingerprint density at radius 1 is 0.795 bits per heavy atom. The number of anilines is 2. The molecule has 0 radical (unpaired) electrons. The minimum atomic E-state index is -1.45. The monoisotopic (exact) mass is 586 g/mol. The average Bonchev–Trinajstić information content (AvgIpc) is 2.89. The minimum absolute atomic E-state index is 0.00914. The number of nitriles is 1. The van der Waals surface area contributed by atoms with Gasteiger partial charge in [0.1, 0.15) is 29.0 Å². The first-order valence-corrected chi connectivity index (χ1v) is 12.0. The molecule has 0 amide bonds. The van der Waals surface area contributed by atoms with E-state index in [1.165, 1.54) is 36.4 Å². The van der Waals surface area contributed by atoms with Gasteiger partial charge in [-0.1, -0.05) is 34.8 Å². The van der Waals surface area contributed by atoms with E-state index in [2.05, 4.69) is 5.32 Å². The number of hydrogen-bond donors (Lipinski definition) is 3. The van der Waals surface area contributed by atoms with E-state index in [9.17, 15) is 19.8 Å². The molecular formula is C27H11Cl3F2N2O5. The Balaban J connectivity index is 1.78. The summed E-state index contributed by atoms with van der Waals surface area (Å²) >= 11 is 18.2. The average molecular weight is 588 g/mol. The molecule has 0 saturated heterocycles. The molecule has 0 saturated carbocycles. The van der Waals surface area contributed by atoms with Gasteiger partial charge in [-0.3, -0.25) is 9.59 Å². The van der Waals surface area contributed by atoms with Crippen molar-refractivity contribution in [2.45, 2.75) is 0 Å². The van der Waals surface area contributed by atoms with E-state index in [4.69, 9.17) is 44.8 Å². The molecule has 39 heavy (non-hydrogen) atoms. The Hall–Kier alpha value is -4.36. The molecule has 4 aromatic rings. The van der Waals surface area contributed by atoms with Crippen LogP contribution in [-0.4, -0.2) is 21.8 Å². The summed E-state index contributed by atoms with van der Waals surface area (Å²) in [4.78, 5) is 26.6. The van der Waals surface area contributed by atoms with Crippen molar-refractivity contribution in [3.63, 3.8) is 0 Å². The topological polar surface area (TPSA) is 120 Å². The van der Waals surface area contributed by atoms with Gasteiger partial charge >= 0.3 is 0 Å². The van der Waals surface area contributed by atoms with Gasteiger partial charge in [0.15, 0.2) is 17.4 Å². The first-order valence-electron chi connectivity index (χ1n) is 10.8. The highest BCUT2D eigenvalue weighted by Gasteiger charge is 2.42. The fraction of sp³-hybridized carbons (Fsp3) is 0. The van der Waals surface area contributed by atoms with Crippen LogP contribution < -0.4 is 10.1 Å². The molecule has 4 aromatic carbocycles. The molecule has 0 bridgehead atoms. The molecule has 7 nitrogen and oxygen atoms in total. The van der Waals surface area contributed by atoms with E-state index in [0.29, 0.717) is 0 Å². The summed E-state index contributed by atoms with van der Waals surface area (Å²) in [6, 6.07) is 11.6. The van der Waals surface area contributed by atoms with Crippen molar-refractivity contribution < 1.29 is 33.3 Å². The fourth-order valence-electron chi connectivity index (χ4n) is 4.09. The van der Waals surface area contributed by atoms with E-state index in [1.54, 1.807) is 0 Å². The molecule has 0 unspecified atom stereocenters. The molecule has 0 aromatic heterocycles. The van der Waals surface area contributed by atoms with Gasteiger partial charge in [0.25, 0.3) is 0 Å². The highest BCUT2D eigenvalue weighted by Crippen LogP contribution is 2.47. The first-order chi connectivity index (χ1) is 18.5. The lowest BCUT2D eigenvalue weighted by atomic mass is 9.82. The second kappa shape index (κ2) is 9.75. The number of phenolic OH excluding ortho intramolecular Hbond substituents is 2. The Morgan fingerprint density at radius 2 is 1.41 bits per heavy atom. The standard InChI is InChI=1S/C27H11Cl3F2N2O5/c28-11-2-6-17(14(30)7-11)39-27-23(32)21-20(25(37)18-15(35)4-5-16(36)19(18)26(21)38)22(31)24(27)34-12-3-1-10(9-33)13(29)8-12/h1-8,34-36H. The van der Waals surface area contributed by atoms with Gasteiger partial charge in [-0.05, 0) is 48.5 Å². The van der Waals surface area contributed by atoms with Crippen LogP contribution in [0.4, 0.5) is 20.2 Å². The molecule has 0 spiro atoms. The highest BCUT2D eigenvalue weighted by molar-refractivity contribution is 6.35. The van der Waals surface area contributed by atoms with Gasteiger partial charge in [0, 0.05) is 10.7 Å². The summed E-state index contributed by atoms with van der Waals surface area (Å²) in [6.45, 7) is 0. The molecule has 0 aliphatic heterocycles. The number of nitrogens with one attached hydrogen (secondary N) is 1. The summed E-state index contributed by atoms with van der Waals surface area (Å²) < 4.78 is 38.0. The van der Waals surface area contributed by atoms with E-state index >= 15 is 8.78 Å². The zero-order chi connectivity index (χ0) is 28.2. The predicted octanol–water partition coefficient (Wildman–Crippen LogP) is 7.52. The highest BCUT2D eigenvalue weighted by atomic mass is 35.5. The number of carbonyl (C=O) groups is 2. The maximum absolute atomic E-state index is 16.2. The quantitative estimate of drug-likeness (QED) is 0.186. The molecule has 0 fully saturated rings. The summed E-state index contributed by atoms with van der Waals surface area (Å²) in [6.07, 6.45) is 0. The number of ketones is 2. The van der Waals surface area contributed by atoms with Gasteiger partial charge in [-0.15, -0.1) is 0 Å². The number of benzene rings is 4. The van der Waals surface area contributed by atoms with Crippen LogP contribution in [-0.2, 0) is 0 Å². The van der Waals surface area contributed by atoms with Crippen molar-refractivity contribution in [3.05, 3.63) is 103 Å². The number of phenols is 2. The molecule has 5 rings (SSSR count). The second-order valence-electron chi connectivity index (χ2n) is 8.20. The minimum Gasteiger partial charge on any atom is -0.507 e. The molecule has 0 atom stereocenters. The largest absolute Gasteiger partial charge is 0.507 e. The molecule has 12 heteroatoms. The van der Waals surface area contributed by atoms with Crippen LogP contribution in [0.1, 0.15) is 37.4 Å². The van der Waals surface area contributed by atoms with Gasteiger partial charge in [-0.2, -0.15) is 5.26 Å². The van der Waals surface area contributed by atoms with Crippen molar-refractivity contribution in [2.75, 3.05) is 5.32 Å². The van der Waals surface area contributed by atoms with Crippen LogP contribution >= 0.6 is 34.8 Å². The Labute approximate surface area is 233 Å². The molecule has 194 valence electrons. The van der Waals surface area contributed by atoms with Crippen molar-refractivity contribution in [1.29, 1.82) is 5.26 Å². The fourth-order valence-corrected chi connectivity index (χ4v) is 4.76. The SMILES string of the molecule is N#Cc1ccc(Nc2c(F)c3c(c(F)c2Oc2ccc(Cl)cc2Cl)C(=O)c2c(O)ccc(O)c2C3=O)cc1Cl. The number of carbonyl (C=O) groups excluding carboxylic acids is 2. The Bertz CT molecular complexity index is 1800. The molecule has 0 heterocycles. The summed E-state index contributed by atoms with van der Waals surface area (Å²) in [5.41, 5.74) is -3.94. The van der Waals surface area contributed by atoms with Gasteiger partial charge in [0.2, 0.25) is 11.6 Å². The van der Waals surface area contributed by atoms with E-state index in [-0.39, 0.29) is 32.1 Å². The van der Waals surface area contributed by atoms with Crippen molar-refractivity contribution >= 4 is 57.7 Å². The molecule has 1 aliphatic carbocycles. The van der Waals surface area contributed by atoms with Crippen LogP contribution in [0.25, 0.3) is 0 Å². The summed E-state index contributed by atoms with van der Waals surface area (Å²) in [7, 11) is 0. The van der Waals surface area contributed by atoms with Crippen LogP contribution in [0, 0.1) is 23.0 Å². The third-order valence-electron chi connectivity index (χ3n) is 5.87. The predicted molar refractivity (Wildman–Crippen MR) is 139 cm³/mol. The molecule has 3 N–H and O–H groups in total. The zero-order valence-corrected chi connectivity index (χ0v) is 21.3. The molecular weight excluding hydrogens is 577 g/mol. The maximum Gasteiger partial charge on any atom is 0.201 e. The number of aromatic hydroxyl groups is 2. The Morgan fingerprint density at radius 3 is 1.97 bits per heavy atom. The van der Waals surface area contributed by atoms with E-state index < -0.39 is 68.4 Å². The zero-order valence-electron chi connectivity index (χ0n) is 19.1. The second-order valence-corrected chi connectivity index (χ2v) is 9.45. The van der Waals surface area contributed by atoms with Crippen LogP contribution in [0.15, 0.2) is 48.5 Å². The van der Waals surface area contributed by atoms with E-state index in [0.717, 1.165) is 12.1 Å². The van der Waals surface area contributed by atoms with Crippen molar-refractivity contribution in [3.8, 4) is 29.1 Å². The number of ether oxygens (including phenoxy) is 1. The van der Waals surface area contributed by atoms with E-state index in [1.807, 2.05) is 6.07 Å². The lowest BCUT2D eigenvalue weighted by Gasteiger charge is -2.24. The van der Waals surface area contributed by atoms with Crippen LogP contribution in [0.3, 0.4) is 0 Å². The Kier molecular flexibility index (Phi) is 6.56. The summed E-state index contributed by atoms with van der Waals surface area (Å²) in [5, 5.41) is 32.3. The lowest BCUT2D eigenvalue weighted by Crippen LogP contribution is -2.25. The van der Waals surface area contributed by atoms with Gasteiger partial charge in [-0.25, -0.2) is 8.78 Å². The van der Waals surface area contributed by atoms with Gasteiger partial charge < -0.3 is 20.3 Å². The summed E-state index contributed by atoms with van der Waals surface area (Å²) in [5.74, 6) is -7.83. The van der Waals surface area contributed by atoms with Crippen molar-refractivity contribution in [2.24, 2.45) is 0 Å². The van der Waals surface area contributed by atoms with Crippen LogP contribution in [0.5, 0.6) is 23.0 Å². The van der Waals surface area contributed by atoms with Gasteiger partial charge in [0.05, 0.1) is 37.9 Å².